The molecule has 0 aliphatic carbocycles. The summed E-state index contributed by atoms with van der Waals surface area (Å²) in [7, 11) is 4.37. The van der Waals surface area contributed by atoms with Crippen LogP contribution in [0.25, 0.3) is 16.9 Å². The van der Waals surface area contributed by atoms with E-state index in [1.165, 1.54) is 18.4 Å². The van der Waals surface area contributed by atoms with E-state index >= 15 is 0 Å². The number of rotatable bonds is 5. The molecule has 0 amide bonds. The quantitative estimate of drug-likeness (QED) is 0.625. The third-order valence-electron chi connectivity index (χ3n) is 5.61. The van der Waals surface area contributed by atoms with Crippen LogP contribution >= 0.6 is 11.6 Å². The molecule has 1 fully saturated rings. The Morgan fingerprint density at radius 1 is 1.00 bits per heavy atom. The first kappa shape index (κ1) is 19.2. The number of halogens is 1. The Kier molecular flexibility index (Phi) is 5.81. The van der Waals surface area contributed by atoms with E-state index in [2.05, 4.69) is 54.4 Å². The standard InChI is InChI=1S/C23H27ClN4/c1-26(2)21-12-14-27(15-13-21)16-19-17-28(22-6-4-3-5-7-22)25-23(19)18-8-10-20(24)11-9-18/h3-11,17,21H,12-16H2,1-2H3. The number of benzene rings is 2. The minimum atomic E-state index is 0.694. The van der Waals surface area contributed by atoms with Gasteiger partial charge in [-0.2, -0.15) is 5.10 Å². The Balaban J connectivity index is 1.61. The maximum atomic E-state index is 6.10. The number of piperidine rings is 1. The average molecular weight is 395 g/mol. The molecule has 1 aliphatic rings. The van der Waals surface area contributed by atoms with Crippen LogP contribution in [0, 0.1) is 0 Å². The zero-order valence-electron chi connectivity index (χ0n) is 16.6. The number of aromatic nitrogens is 2. The van der Waals surface area contributed by atoms with Gasteiger partial charge in [0.05, 0.1) is 11.4 Å². The van der Waals surface area contributed by atoms with Gasteiger partial charge < -0.3 is 4.90 Å². The zero-order chi connectivity index (χ0) is 19.5. The first-order valence-corrected chi connectivity index (χ1v) is 10.3. The first-order chi connectivity index (χ1) is 13.6. The Labute approximate surface area is 172 Å². The molecule has 146 valence electrons. The van der Waals surface area contributed by atoms with Crippen LogP contribution in [0.5, 0.6) is 0 Å². The molecule has 2 aromatic carbocycles. The minimum Gasteiger partial charge on any atom is -0.306 e. The summed E-state index contributed by atoms with van der Waals surface area (Å²) in [5.41, 5.74) is 4.48. The van der Waals surface area contributed by atoms with Gasteiger partial charge in [0, 0.05) is 34.9 Å². The molecule has 0 unspecified atom stereocenters. The maximum absolute atomic E-state index is 6.10. The van der Waals surface area contributed by atoms with Crippen LogP contribution in [0.3, 0.4) is 0 Å². The summed E-state index contributed by atoms with van der Waals surface area (Å²) >= 11 is 6.10. The van der Waals surface area contributed by atoms with E-state index in [0.29, 0.717) is 6.04 Å². The van der Waals surface area contributed by atoms with Crippen molar-refractivity contribution >= 4 is 11.6 Å². The lowest BCUT2D eigenvalue weighted by atomic mass is 10.0. The van der Waals surface area contributed by atoms with E-state index < -0.39 is 0 Å². The van der Waals surface area contributed by atoms with Crippen molar-refractivity contribution in [3.8, 4) is 16.9 Å². The molecule has 5 heteroatoms. The van der Waals surface area contributed by atoms with Crippen LogP contribution in [-0.2, 0) is 6.54 Å². The number of nitrogens with zero attached hydrogens (tertiary/aromatic N) is 4. The number of hydrogen-bond acceptors (Lipinski definition) is 3. The van der Waals surface area contributed by atoms with Crippen LogP contribution < -0.4 is 0 Å². The highest BCUT2D eigenvalue weighted by atomic mass is 35.5. The number of hydrogen-bond donors (Lipinski definition) is 0. The fourth-order valence-electron chi connectivity index (χ4n) is 3.92. The van der Waals surface area contributed by atoms with E-state index in [-0.39, 0.29) is 0 Å². The van der Waals surface area contributed by atoms with Gasteiger partial charge in [0.1, 0.15) is 0 Å². The lowest BCUT2D eigenvalue weighted by molar-refractivity contribution is 0.140. The molecule has 0 spiro atoms. The Hall–Kier alpha value is -2.14. The van der Waals surface area contributed by atoms with Crippen molar-refractivity contribution in [2.75, 3.05) is 27.2 Å². The molecule has 0 radical (unpaired) electrons. The van der Waals surface area contributed by atoms with Crippen LogP contribution in [0.1, 0.15) is 18.4 Å². The number of para-hydroxylation sites is 1. The summed E-state index contributed by atoms with van der Waals surface area (Å²) in [6.45, 7) is 3.17. The van der Waals surface area contributed by atoms with Gasteiger partial charge in [-0.25, -0.2) is 4.68 Å². The molecular formula is C23H27ClN4. The van der Waals surface area contributed by atoms with E-state index in [9.17, 15) is 0 Å². The highest BCUT2D eigenvalue weighted by Crippen LogP contribution is 2.27. The molecule has 1 aliphatic heterocycles. The van der Waals surface area contributed by atoms with Gasteiger partial charge in [-0.1, -0.05) is 41.9 Å². The molecular weight excluding hydrogens is 368 g/mol. The lowest BCUT2D eigenvalue weighted by Gasteiger charge is -2.35. The van der Waals surface area contributed by atoms with E-state index in [4.69, 9.17) is 16.7 Å². The van der Waals surface area contributed by atoms with Gasteiger partial charge in [0.2, 0.25) is 0 Å². The van der Waals surface area contributed by atoms with E-state index in [0.717, 1.165) is 41.6 Å². The van der Waals surface area contributed by atoms with Crippen molar-refractivity contribution in [1.82, 2.24) is 19.6 Å². The Bertz CT molecular complexity index is 894. The van der Waals surface area contributed by atoms with Crippen molar-refractivity contribution in [2.45, 2.75) is 25.4 Å². The highest BCUT2D eigenvalue weighted by Gasteiger charge is 2.22. The average Bonchev–Trinajstić information content (AvgIpc) is 3.13. The van der Waals surface area contributed by atoms with Gasteiger partial charge in [-0.05, 0) is 64.3 Å². The van der Waals surface area contributed by atoms with Crippen molar-refractivity contribution in [1.29, 1.82) is 0 Å². The van der Waals surface area contributed by atoms with Crippen LogP contribution in [-0.4, -0.2) is 52.8 Å². The molecule has 3 aromatic rings. The van der Waals surface area contributed by atoms with Gasteiger partial charge in [0.15, 0.2) is 0 Å². The van der Waals surface area contributed by atoms with Crippen LogP contribution in [0.2, 0.25) is 5.02 Å². The second-order valence-corrected chi connectivity index (χ2v) is 8.20. The summed E-state index contributed by atoms with van der Waals surface area (Å²) in [5, 5.41) is 5.68. The molecule has 1 aromatic heterocycles. The maximum Gasteiger partial charge on any atom is 0.0972 e. The molecule has 1 saturated heterocycles. The first-order valence-electron chi connectivity index (χ1n) is 9.89. The van der Waals surface area contributed by atoms with Crippen molar-refractivity contribution < 1.29 is 0 Å². The predicted molar refractivity (Wildman–Crippen MR) is 116 cm³/mol. The van der Waals surface area contributed by atoms with Crippen LogP contribution in [0.4, 0.5) is 0 Å². The molecule has 2 heterocycles. The van der Waals surface area contributed by atoms with Gasteiger partial charge in [0.25, 0.3) is 0 Å². The van der Waals surface area contributed by atoms with Gasteiger partial charge in [-0.3, -0.25) is 4.90 Å². The monoisotopic (exact) mass is 394 g/mol. The smallest absolute Gasteiger partial charge is 0.0972 e. The SMILES string of the molecule is CN(C)C1CCN(Cc2cn(-c3ccccc3)nc2-c2ccc(Cl)cc2)CC1. The Morgan fingerprint density at radius 2 is 1.68 bits per heavy atom. The summed E-state index contributed by atoms with van der Waals surface area (Å²) in [5.74, 6) is 0. The molecule has 28 heavy (non-hydrogen) atoms. The third kappa shape index (κ3) is 4.30. The van der Waals surface area contributed by atoms with Gasteiger partial charge >= 0.3 is 0 Å². The molecule has 0 atom stereocenters. The molecule has 0 N–H and O–H groups in total. The highest BCUT2D eigenvalue weighted by molar-refractivity contribution is 6.30. The second-order valence-electron chi connectivity index (χ2n) is 7.76. The Morgan fingerprint density at radius 3 is 2.32 bits per heavy atom. The minimum absolute atomic E-state index is 0.694. The lowest BCUT2D eigenvalue weighted by Crippen LogP contribution is -2.41. The fraction of sp³-hybridized carbons (Fsp3) is 0.348. The summed E-state index contributed by atoms with van der Waals surface area (Å²) in [6.07, 6.45) is 4.61. The summed E-state index contributed by atoms with van der Waals surface area (Å²) in [4.78, 5) is 4.90. The van der Waals surface area contributed by atoms with Crippen molar-refractivity contribution in [2.24, 2.45) is 0 Å². The van der Waals surface area contributed by atoms with Gasteiger partial charge in [-0.15, -0.1) is 0 Å². The molecule has 0 bridgehead atoms. The van der Waals surface area contributed by atoms with E-state index in [1.807, 2.05) is 35.0 Å². The van der Waals surface area contributed by atoms with Crippen LogP contribution in [0.15, 0.2) is 60.8 Å². The zero-order valence-corrected chi connectivity index (χ0v) is 17.3. The van der Waals surface area contributed by atoms with Crippen molar-refractivity contribution in [3.63, 3.8) is 0 Å². The molecule has 4 nitrogen and oxygen atoms in total. The van der Waals surface area contributed by atoms with Crippen molar-refractivity contribution in [3.05, 3.63) is 71.4 Å². The topological polar surface area (TPSA) is 24.3 Å². The second kappa shape index (κ2) is 8.48. The predicted octanol–water partition coefficient (Wildman–Crippen LogP) is 4.72. The third-order valence-corrected chi connectivity index (χ3v) is 5.86. The number of likely N-dealkylation sites (tertiary alicyclic amines) is 1. The summed E-state index contributed by atoms with van der Waals surface area (Å²) in [6, 6.07) is 19.0. The largest absolute Gasteiger partial charge is 0.306 e. The molecule has 4 rings (SSSR count). The fourth-order valence-corrected chi connectivity index (χ4v) is 4.05. The van der Waals surface area contributed by atoms with E-state index in [1.54, 1.807) is 0 Å². The molecule has 0 saturated carbocycles. The normalized spacial score (nSPS) is 16.0. The summed E-state index contributed by atoms with van der Waals surface area (Å²) < 4.78 is 1.99.